The van der Waals surface area contributed by atoms with E-state index in [1.807, 2.05) is 31.2 Å². The van der Waals surface area contributed by atoms with Crippen LogP contribution in [0, 0.1) is 6.92 Å². The Morgan fingerprint density at radius 3 is 2.26 bits per heavy atom. The Morgan fingerprint density at radius 1 is 1.03 bits per heavy atom. The SMILES string of the molecule is CCC(C(=O)NC1CCCC1)N(Cc1ccc(Cl)cc1)C(=O)CCc1ccc(C)cc1. The molecule has 3 rings (SSSR count). The molecule has 0 heterocycles. The van der Waals surface area contributed by atoms with Gasteiger partial charge in [-0.3, -0.25) is 9.59 Å². The van der Waals surface area contributed by atoms with Gasteiger partial charge < -0.3 is 10.2 Å². The summed E-state index contributed by atoms with van der Waals surface area (Å²) in [6, 6.07) is 15.5. The van der Waals surface area contributed by atoms with E-state index in [9.17, 15) is 9.59 Å². The van der Waals surface area contributed by atoms with Crippen LogP contribution in [0.5, 0.6) is 0 Å². The standard InChI is InChI=1S/C26H33ClN2O2/c1-3-24(26(31)28-23-6-4-5-7-23)29(18-21-12-15-22(27)16-13-21)25(30)17-14-20-10-8-19(2)9-11-20/h8-13,15-16,23-24H,3-7,14,17-18H2,1-2H3,(H,28,31). The molecule has 1 aliphatic carbocycles. The Hall–Kier alpha value is -2.33. The van der Waals surface area contributed by atoms with Crippen LogP contribution in [0.4, 0.5) is 0 Å². The number of carbonyl (C=O) groups excluding carboxylic acids is 2. The second kappa shape index (κ2) is 11.3. The molecule has 2 amide bonds. The molecule has 2 aromatic rings. The van der Waals surface area contributed by atoms with Gasteiger partial charge in [0.05, 0.1) is 0 Å². The van der Waals surface area contributed by atoms with Gasteiger partial charge in [-0.05, 0) is 55.9 Å². The van der Waals surface area contributed by atoms with Gasteiger partial charge >= 0.3 is 0 Å². The Kier molecular flexibility index (Phi) is 8.53. The Labute approximate surface area is 191 Å². The van der Waals surface area contributed by atoms with Crippen molar-refractivity contribution in [2.24, 2.45) is 0 Å². The highest BCUT2D eigenvalue weighted by atomic mass is 35.5. The summed E-state index contributed by atoms with van der Waals surface area (Å²) >= 11 is 6.03. The van der Waals surface area contributed by atoms with Gasteiger partial charge in [-0.1, -0.05) is 73.3 Å². The fourth-order valence-electron chi connectivity index (χ4n) is 4.22. The first kappa shape index (κ1) is 23.3. The van der Waals surface area contributed by atoms with Gasteiger partial charge in [0.15, 0.2) is 0 Å². The quantitative estimate of drug-likeness (QED) is 0.563. The summed E-state index contributed by atoms with van der Waals surface area (Å²) in [7, 11) is 0. The molecule has 0 saturated heterocycles. The fraction of sp³-hybridized carbons (Fsp3) is 0.462. The zero-order valence-corrected chi connectivity index (χ0v) is 19.3. The minimum absolute atomic E-state index is 0.00365. The van der Waals surface area contributed by atoms with Crippen LogP contribution in [0.3, 0.4) is 0 Å². The number of benzene rings is 2. The molecule has 0 aliphatic heterocycles. The number of aryl methyl sites for hydroxylation is 2. The number of carbonyl (C=O) groups is 2. The predicted octanol–water partition coefficient (Wildman–Crippen LogP) is 5.45. The molecule has 166 valence electrons. The highest BCUT2D eigenvalue weighted by Gasteiger charge is 2.30. The van der Waals surface area contributed by atoms with Gasteiger partial charge in [0.25, 0.3) is 0 Å². The monoisotopic (exact) mass is 440 g/mol. The first-order valence-corrected chi connectivity index (χ1v) is 11.7. The molecule has 4 nitrogen and oxygen atoms in total. The fourth-order valence-corrected chi connectivity index (χ4v) is 4.35. The summed E-state index contributed by atoms with van der Waals surface area (Å²) in [4.78, 5) is 28.2. The predicted molar refractivity (Wildman–Crippen MR) is 126 cm³/mol. The number of halogens is 1. The molecule has 2 aromatic carbocycles. The van der Waals surface area contributed by atoms with E-state index in [1.165, 1.54) is 5.56 Å². The van der Waals surface area contributed by atoms with Crippen LogP contribution in [0.25, 0.3) is 0 Å². The van der Waals surface area contributed by atoms with Crippen molar-refractivity contribution in [3.05, 3.63) is 70.2 Å². The molecule has 0 radical (unpaired) electrons. The topological polar surface area (TPSA) is 49.4 Å². The molecular formula is C26H33ClN2O2. The van der Waals surface area contributed by atoms with Crippen LogP contribution >= 0.6 is 11.6 Å². The molecule has 0 aromatic heterocycles. The van der Waals surface area contributed by atoms with E-state index in [1.54, 1.807) is 4.90 Å². The molecule has 1 unspecified atom stereocenters. The van der Waals surface area contributed by atoms with Gasteiger partial charge in [-0.2, -0.15) is 0 Å². The lowest BCUT2D eigenvalue weighted by Crippen LogP contribution is -2.51. The lowest BCUT2D eigenvalue weighted by atomic mass is 10.0. The summed E-state index contributed by atoms with van der Waals surface area (Å²) in [5.41, 5.74) is 3.31. The van der Waals surface area contributed by atoms with E-state index >= 15 is 0 Å². The van der Waals surface area contributed by atoms with E-state index in [0.29, 0.717) is 30.8 Å². The molecule has 1 aliphatic rings. The first-order chi connectivity index (χ1) is 15.0. The number of amides is 2. The van der Waals surface area contributed by atoms with Gasteiger partial charge in [-0.25, -0.2) is 0 Å². The van der Waals surface area contributed by atoms with Crippen molar-refractivity contribution in [3.63, 3.8) is 0 Å². The zero-order valence-electron chi connectivity index (χ0n) is 18.6. The van der Waals surface area contributed by atoms with Crippen molar-refractivity contribution < 1.29 is 9.59 Å². The number of rotatable bonds is 9. The van der Waals surface area contributed by atoms with Crippen molar-refractivity contribution >= 4 is 23.4 Å². The highest BCUT2D eigenvalue weighted by Crippen LogP contribution is 2.20. The molecule has 1 atom stereocenters. The summed E-state index contributed by atoms with van der Waals surface area (Å²) in [5, 5.41) is 3.85. The Morgan fingerprint density at radius 2 is 1.65 bits per heavy atom. The molecule has 1 fully saturated rings. The zero-order chi connectivity index (χ0) is 22.2. The average molecular weight is 441 g/mol. The minimum Gasteiger partial charge on any atom is -0.352 e. The smallest absolute Gasteiger partial charge is 0.243 e. The van der Waals surface area contributed by atoms with Crippen LogP contribution in [-0.4, -0.2) is 28.8 Å². The normalized spacial score (nSPS) is 14.9. The molecular weight excluding hydrogens is 408 g/mol. The van der Waals surface area contributed by atoms with Crippen molar-refractivity contribution in [3.8, 4) is 0 Å². The van der Waals surface area contributed by atoms with Gasteiger partial charge in [0, 0.05) is 24.0 Å². The van der Waals surface area contributed by atoms with Crippen molar-refractivity contribution in [1.82, 2.24) is 10.2 Å². The number of hydrogen-bond donors (Lipinski definition) is 1. The number of nitrogens with one attached hydrogen (secondary N) is 1. The second-order valence-electron chi connectivity index (χ2n) is 8.55. The van der Waals surface area contributed by atoms with E-state index in [2.05, 4.69) is 36.5 Å². The van der Waals surface area contributed by atoms with Gasteiger partial charge in [0.1, 0.15) is 6.04 Å². The van der Waals surface area contributed by atoms with E-state index in [4.69, 9.17) is 11.6 Å². The summed E-state index contributed by atoms with van der Waals surface area (Å²) < 4.78 is 0. The Balaban J connectivity index is 1.74. The third-order valence-corrected chi connectivity index (χ3v) is 6.35. The molecule has 0 bridgehead atoms. The highest BCUT2D eigenvalue weighted by molar-refractivity contribution is 6.30. The Bertz CT molecular complexity index is 858. The average Bonchev–Trinajstić information content (AvgIpc) is 3.27. The molecule has 0 spiro atoms. The van der Waals surface area contributed by atoms with Crippen LogP contribution in [0.2, 0.25) is 5.02 Å². The van der Waals surface area contributed by atoms with Gasteiger partial charge in [-0.15, -0.1) is 0 Å². The van der Waals surface area contributed by atoms with Crippen LogP contribution in [-0.2, 0) is 22.6 Å². The van der Waals surface area contributed by atoms with Crippen LogP contribution < -0.4 is 5.32 Å². The van der Waals surface area contributed by atoms with Crippen molar-refractivity contribution in [1.29, 1.82) is 0 Å². The van der Waals surface area contributed by atoms with E-state index < -0.39 is 6.04 Å². The summed E-state index contributed by atoms with van der Waals surface area (Å²) in [6.07, 6.45) is 6.00. The van der Waals surface area contributed by atoms with Crippen molar-refractivity contribution in [2.45, 2.75) is 77.4 Å². The molecule has 5 heteroatoms. The van der Waals surface area contributed by atoms with E-state index in [0.717, 1.165) is 36.8 Å². The first-order valence-electron chi connectivity index (χ1n) is 11.4. The van der Waals surface area contributed by atoms with Crippen molar-refractivity contribution in [2.75, 3.05) is 0 Å². The maximum atomic E-state index is 13.3. The third kappa shape index (κ3) is 6.83. The third-order valence-electron chi connectivity index (χ3n) is 6.10. The summed E-state index contributed by atoms with van der Waals surface area (Å²) in [6.45, 7) is 4.43. The molecule has 1 saturated carbocycles. The molecule has 31 heavy (non-hydrogen) atoms. The van der Waals surface area contributed by atoms with Gasteiger partial charge in [0.2, 0.25) is 11.8 Å². The minimum atomic E-state index is -0.471. The maximum absolute atomic E-state index is 13.3. The largest absolute Gasteiger partial charge is 0.352 e. The second-order valence-corrected chi connectivity index (χ2v) is 8.98. The molecule has 1 N–H and O–H groups in total. The summed E-state index contributed by atoms with van der Waals surface area (Å²) in [5.74, 6) is -0.0315. The van der Waals surface area contributed by atoms with E-state index in [-0.39, 0.29) is 17.9 Å². The van der Waals surface area contributed by atoms with Crippen LogP contribution in [0.1, 0.15) is 62.1 Å². The maximum Gasteiger partial charge on any atom is 0.243 e. The number of nitrogens with zero attached hydrogens (tertiary/aromatic N) is 1. The van der Waals surface area contributed by atoms with Crippen LogP contribution in [0.15, 0.2) is 48.5 Å². The lowest BCUT2D eigenvalue weighted by molar-refractivity contribution is -0.141. The number of hydrogen-bond acceptors (Lipinski definition) is 2. The lowest BCUT2D eigenvalue weighted by Gasteiger charge is -2.31.